The molecular weight excluding hydrogens is 236 g/mol. The molecule has 90 valence electrons. The number of nitrogen functional groups attached to an aromatic ring is 1. The Hall–Kier alpha value is -1.69. The first-order valence-electron chi connectivity index (χ1n) is 5.24. The fraction of sp³-hybridized carbons (Fsp3) is 0.273. The Morgan fingerprint density at radius 2 is 2.12 bits per heavy atom. The van der Waals surface area contributed by atoms with Gasteiger partial charge in [0.15, 0.2) is 5.82 Å². The summed E-state index contributed by atoms with van der Waals surface area (Å²) < 4.78 is 6.77. The van der Waals surface area contributed by atoms with Gasteiger partial charge >= 0.3 is 0 Å². The van der Waals surface area contributed by atoms with Crippen LogP contribution in [0.5, 0.6) is 5.75 Å². The Morgan fingerprint density at radius 3 is 2.82 bits per heavy atom. The van der Waals surface area contributed by atoms with Crippen molar-refractivity contribution in [1.82, 2.24) is 14.9 Å². The van der Waals surface area contributed by atoms with Gasteiger partial charge in [0, 0.05) is 0 Å². The molecule has 1 heterocycles. The Balaban J connectivity index is 2.46. The van der Waals surface area contributed by atoms with E-state index in [1.807, 2.05) is 31.2 Å². The van der Waals surface area contributed by atoms with Gasteiger partial charge in [-0.25, -0.2) is 4.68 Å². The number of methoxy groups -OCH3 is 1. The molecule has 2 rings (SSSR count). The summed E-state index contributed by atoms with van der Waals surface area (Å²) in [7, 11) is 1.62. The number of nitrogens with two attached hydrogens (primary N) is 1. The molecule has 5 nitrogen and oxygen atoms in total. The highest BCUT2D eigenvalue weighted by molar-refractivity contribution is 7.99. The second kappa shape index (κ2) is 5.09. The van der Waals surface area contributed by atoms with E-state index in [1.165, 1.54) is 4.68 Å². The third kappa shape index (κ3) is 2.21. The molecule has 0 aliphatic rings. The molecule has 0 aliphatic heterocycles. The first kappa shape index (κ1) is 11.8. The van der Waals surface area contributed by atoms with Gasteiger partial charge in [0.25, 0.3) is 0 Å². The van der Waals surface area contributed by atoms with E-state index in [-0.39, 0.29) is 0 Å². The van der Waals surface area contributed by atoms with E-state index in [0.29, 0.717) is 11.0 Å². The van der Waals surface area contributed by atoms with Crippen LogP contribution in [0.1, 0.15) is 6.92 Å². The summed E-state index contributed by atoms with van der Waals surface area (Å²) in [5.41, 5.74) is 0.841. The van der Waals surface area contributed by atoms with Crippen LogP contribution in [-0.4, -0.2) is 27.7 Å². The van der Waals surface area contributed by atoms with Gasteiger partial charge in [0.05, 0.1) is 12.7 Å². The second-order valence-electron chi connectivity index (χ2n) is 3.31. The van der Waals surface area contributed by atoms with E-state index >= 15 is 0 Å². The topological polar surface area (TPSA) is 66.0 Å². The molecule has 0 radical (unpaired) electrons. The zero-order valence-corrected chi connectivity index (χ0v) is 10.6. The van der Waals surface area contributed by atoms with Crippen molar-refractivity contribution in [2.45, 2.75) is 12.1 Å². The van der Waals surface area contributed by atoms with Gasteiger partial charge in [-0.05, 0) is 17.9 Å². The summed E-state index contributed by atoms with van der Waals surface area (Å²) in [6, 6.07) is 7.60. The smallest absolute Gasteiger partial charge is 0.210 e. The normalized spacial score (nSPS) is 10.5. The summed E-state index contributed by atoms with van der Waals surface area (Å²) in [5, 5.41) is 8.86. The van der Waals surface area contributed by atoms with Gasteiger partial charge in [-0.2, -0.15) is 0 Å². The van der Waals surface area contributed by atoms with Crippen molar-refractivity contribution in [3.63, 3.8) is 0 Å². The van der Waals surface area contributed by atoms with Crippen molar-refractivity contribution in [2.24, 2.45) is 0 Å². The number of aromatic nitrogens is 3. The van der Waals surface area contributed by atoms with Gasteiger partial charge in [-0.3, -0.25) is 0 Å². The van der Waals surface area contributed by atoms with Crippen LogP contribution >= 0.6 is 11.8 Å². The number of benzene rings is 1. The molecule has 6 heteroatoms. The van der Waals surface area contributed by atoms with E-state index in [0.717, 1.165) is 17.1 Å². The number of nitrogens with zero attached hydrogens (tertiary/aromatic N) is 3. The monoisotopic (exact) mass is 250 g/mol. The highest BCUT2D eigenvalue weighted by Gasteiger charge is 2.14. The first-order chi connectivity index (χ1) is 8.27. The molecule has 0 aliphatic carbocycles. The van der Waals surface area contributed by atoms with Gasteiger partial charge in [-0.1, -0.05) is 30.8 Å². The summed E-state index contributed by atoms with van der Waals surface area (Å²) in [6.45, 7) is 2.04. The molecule has 0 saturated heterocycles. The van der Waals surface area contributed by atoms with Crippen LogP contribution in [0, 0.1) is 0 Å². The van der Waals surface area contributed by atoms with Crippen LogP contribution in [0.25, 0.3) is 11.4 Å². The molecule has 1 aromatic carbocycles. The number of hydrogen-bond acceptors (Lipinski definition) is 5. The molecular formula is C11H14N4OS. The number of para-hydroxylation sites is 1. The molecule has 0 atom stereocenters. The van der Waals surface area contributed by atoms with Crippen molar-refractivity contribution < 1.29 is 4.74 Å². The lowest BCUT2D eigenvalue weighted by atomic mass is 10.2. The quantitative estimate of drug-likeness (QED) is 0.662. The minimum absolute atomic E-state index is 0.610. The molecule has 0 saturated carbocycles. The van der Waals surface area contributed by atoms with Gasteiger partial charge in [0.1, 0.15) is 5.75 Å². The molecule has 0 spiro atoms. The minimum atomic E-state index is 0.610. The van der Waals surface area contributed by atoms with Gasteiger partial charge < -0.3 is 10.6 Å². The third-order valence-electron chi connectivity index (χ3n) is 2.29. The lowest BCUT2D eigenvalue weighted by Crippen LogP contribution is -2.11. The van der Waals surface area contributed by atoms with Crippen molar-refractivity contribution in [1.29, 1.82) is 0 Å². The molecule has 0 bridgehead atoms. The fourth-order valence-corrected chi connectivity index (χ4v) is 2.10. The minimum Gasteiger partial charge on any atom is -0.496 e. The summed E-state index contributed by atoms with van der Waals surface area (Å²) in [4.78, 5) is 0. The third-order valence-corrected chi connectivity index (χ3v) is 3.11. The molecule has 0 unspecified atom stereocenters. The van der Waals surface area contributed by atoms with Gasteiger partial charge in [0.2, 0.25) is 5.16 Å². The number of thioether (sulfide) groups is 1. The zero-order chi connectivity index (χ0) is 12.3. The maximum atomic E-state index is 5.96. The second-order valence-corrected chi connectivity index (χ2v) is 4.54. The molecule has 0 fully saturated rings. The Bertz CT molecular complexity index is 512. The van der Waals surface area contributed by atoms with Crippen LogP contribution in [0.4, 0.5) is 0 Å². The molecule has 2 N–H and O–H groups in total. The Labute approximate surface area is 104 Å². The Morgan fingerprint density at radius 1 is 1.35 bits per heavy atom. The summed E-state index contributed by atoms with van der Waals surface area (Å²) >= 11 is 1.55. The standard InChI is InChI=1S/C11H14N4OS/c1-3-17-11-14-13-10(15(11)12)8-6-4-5-7-9(8)16-2/h4-7H,3,12H2,1-2H3. The van der Waals surface area contributed by atoms with E-state index in [2.05, 4.69) is 10.2 Å². The van der Waals surface area contributed by atoms with Crippen LogP contribution < -0.4 is 10.6 Å². The lowest BCUT2D eigenvalue weighted by Gasteiger charge is -2.07. The van der Waals surface area contributed by atoms with Crippen molar-refractivity contribution in [2.75, 3.05) is 18.7 Å². The van der Waals surface area contributed by atoms with E-state index in [1.54, 1.807) is 18.9 Å². The highest BCUT2D eigenvalue weighted by Crippen LogP contribution is 2.29. The number of ether oxygens (including phenoxy) is 1. The fourth-order valence-electron chi connectivity index (χ4n) is 1.52. The zero-order valence-electron chi connectivity index (χ0n) is 9.75. The predicted octanol–water partition coefficient (Wildman–Crippen LogP) is 1.78. The van der Waals surface area contributed by atoms with Crippen LogP contribution in [0.3, 0.4) is 0 Å². The van der Waals surface area contributed by atoms with Crippen LogP contribution in [0.15, 0.2) is 29.4 Å². The molecule has 17 heavy (non-hydrogen) atoms. The van der Waals surface area contributed by atoms with Crippen molar-refractivity contribution in [3.05, 3.63) is 24.3 Å². The summed E-state index contributed by atoms with van der Waals surface area (Å²) in [6.07, 6.45) is 0. The average Bonchev–Trinajstić information content (AvgIpc) is 2.72. The molecule has 2 aromatic rings. The van der Waals surface area contributed by atoms with Crippen LogP contribution in [0.2, 0.25) is 0 Å². The molecule has 0 amide bonds. The number of rotatable bonds is 4. The first-order valence-corrected chi connectivity index (χ1v) is 6.23. The highest BCUT2D eigenvalue weighted by atomic mass is 32.2. The molecule has 1 aromatic heterocycles. The maximum Gasteiger partial charge on any atom is 0.210 e. The predicted molar refractivity (Wildman–Crippen MR) is 68.6 cm³/mol. The maximum absolute atomic E-state index is 5.96. The van der Waals surface area contributed by atoms with Crippen molar-refractivity contribution in [3.8, 4) is 17.1 Å². The SMILES string of the molecule is CCSc1nnc(-c2ccccc2OC)n1N. The van der Waals surface area contributed by atoms with Crippen LogP contribution in [-0.2, 0) is 0 Å². The average molecular weight is 250 g/mol. The largest absolute Gasteiger partial charge is 0.496 e. The Kier molecular flexibility index (Phi) is 3.53. The van der Waals surface area contributed by atoms with Gasteiger partial charge in [-0.15, -0.1) is 10.2 Å². The summed E-state index contributed by atoms with van der Waals surface area (Å²) in [5.74, 6) is 8.21. The van der Waals surface area contributed by atoms with Crippen molar-refractivity contribution >= 4 is 11.8 Å². The number of hydrogen-bond donors (Lipinski definition) is 1. The lowest BCUT2D eigenvalue weighted by molar-refractivity contribution is 0.416. The van der Waals surface area contributed by atoms with E-state index in [4.69, 9.17) is 10.6 Å². The van der Waals surface area contributed by atoms with E-state index < -0.39 is 0 Å². The van der Waals surface area contributed by atoms with E-state index in [9.17, 15) is 0 Å².